The van der Waals surface area contributed by atoms with Crippen molar-refractivity contribution in [2.75, 3.05) is 31.7 Å². The predicted octanol–water partition coefficient (Wildman–Crippen LogP) is 1.88. The standard InChI is InChI=1S/C27H27N3O9S4/c1-5-39-21(35)12-28-16-8-14(38-4)6-7-17(16)41-25(28)15(13(2)3)9-18-23(36)29(10-19(31)32)26(42-18)22-24(37)30(11-20(33)34)27(40)43-22/h6-9,13H,5,10-12H2,1-4H3,(H,31,32)(H,33,34)/b18-9+,25-15+,26-22-. The summed E-state index contributed by atoms with van der Waals surface area (Å²) < 4.78 is 11.8. The molecule has 0 bridgehead atoms. The highest BCUT2D eigenvalue weighted by Gasteiger charge is 2.36. The maximum Gasteiger partial charge on any atom is 0.325 e. The number of anilines is 1. The van der Waals surface area contributed by atoms with Crippen molar-refractivity contribution in [3.05, 3.63) is 48.4 Å². The number of esters is 1. The van der Waals surface area contributed by atoms with Gasteiger partial charge in [0.05, 0.1) is 29.0 Å². The Balaban J connectivity index is 1.95. The second-order valence-electron chi connectivity index (χ2n) is 9.43. The second-order valence-corrected chi connectivity index (χ2v) is 13.1. The van der Waals surface area contributed by atoms with Gasteiger partial charge in [-0.1, -0.05) is 49.6 Å². The lowest BCUT2D eigenvalue weighted by molar-refractivity contribution is -0.141. The number of nitrogens with zero attached hydrogens (tertiary/aromatic N) is 3. The number of thiazole rings is 1. The molecule has 3 heterocycles. The van der Waals surface area contributed by atoms with E-state index in [1.807, 2.05) is 19.9 Å². The van der Waals surface area contributed by atoms with E-state index in [9.17, 15) is 34.2 Å². The summed E-state index contributed by atoms with van der Waals surface area (Å²) in [5, 5.41) is 19.4. The number of carboxylic acid groups (broad SMARTS) is 2. The highest BCUT2D eigenvalue weighted by atomic mass is 32.2. The van der Waals surface area contributed by atoms with E-state index in [1.54, 1.807) is 37.1 Å². The van der Waals surface area contributed by atoms with Gasteiger partial charge in [-0.15, -0.1) is 11.3 Å². The molecule has 2 aliphatic heterocycles. The molecule has 2 aliphatic rings. The van der Waals surface area contributed by atoms with Gasteiger partial charge in [-0.3, -0.25) is 33.4 Å². The summed E-state index contributed by atoms with van der Waals surface area (Å²) in [6, 6.07) is 5.48. The molecule has 16 heteroatoms. The van der Waals surface area contributed by atoms with Crippen molar-refractivity contribution in [3.8, 4) is 5.75 Å². The van der Waals surface area contributed by atoms with Crippen LogP contribution in [0.5, 0.6) is 5.75 Å². The number of amides is 1. The Hall–Kier alpha value is -3.60. The molecule has 4 rings (SSSR count). The normalized spacial score (nSPS) is 17.6. The fourth-order valence-corrected chi connectivity index (χ4v) is 8.09. The Kier molecular flexibility index (Phi) is 10.0. The first-order valence-electron chi connectivity index (χ1n) is 12.8. The summed E-state index contributed by atoms with van der Waals surface area (Å²) in [4.78, 5) is 65.9. The number of rotatable bonds is 10. The molecule has 0 saturated carbocycles. The maximum absolute atomic E-state index is 13.6. The molecule has 0 atom stereocenters. The number of ether oxygens (including phenoxy) is 2. The first-order chi connectivity index (χ1) is 20.4. The molecular weight excluding hydrogens is 639 g/mol. The van der Waals surface area contributed by atoms with Crippen LogP contribution in [0.1, 0.15) is 20.8 Å². The molecule has 1 fully saturated rings. The molecule has 0 spiro atoms. The van der Waals surface area contributed by atoms with Crippen LogP contribution in [0, 0.1) is 5.92 Å². The second kappa shape index (κ2) is 13.4. The van der Waals surface area contributed by atoms with Gasteiger partial charge < -0.3 is 24.6 Å². The molecule has 2 N–H and O–H groups in total. The summed E-state index contributed by atoms with van der Waals surface area (Å²) >= 11 is 8.33. The average molecular weight is 666 g/mol. The van der Waals surface area contributed by atoms with Gasteiger partial charge in [0.2, 0.25) is 0 Å². The van der Waals surface area contributed by atoms with Crippen molar-refractivity contribution >= 4 is 91.9 Å². The van der Waals surface area contributed by atoms with Gasteiger partial charge in [-0.2, -0.15) is 0 Å². The molecule has 1 amide bonds. The van der Waals surface area contributed by atoms with Gasteiger partial charge in [-0.05, 0) is 36.6 Å². The molecule has 43 heavy (non-hydrogen) atoms. The molecule has 1 aromatic heterocycles. The van der Waals surface area contributed by atoms with E-state index in [1.165, 1.54) is 11.8 Å². The lowest BCUT2D eigenvalue weighted by atomic mass is 10.0. The lowest BCUT2D eigenvalue weighted by Crippen LogP contribution is -2.37. The van der Waals surface area contributed by atoms with Crippen LogP contribution in [0.15, 0.2) is 38.5 Å². The molecule has 0 radical (unpaired) electrons. The van der Waals surface area contributed by atoms with Crippen molar-refractivity contribution < 1.29 is 38.9 Å². The zero-order chi connectivity index (χ0) is 31.6. The number of aromatic nitrogens is 1. The fourth-order valence-electron chi connectivity index (χ4n) is 4.28. The van der Waals surface area contributed by atoms with Gasteiger partial charge in [0, 0.05) is 11.0 Å². The number of hydrogen-bond donors (Lipinski definition) is 2. The number of carboxylic acids is 2. The van der Waals surface area contributed by atoms with Crippen LogP contribution in [-0.2, 0) is 30.5 Å². The Labute approximate surface area is 263 Å². The Morgan fingerprint density at radius 3 is 2.35 bits per heavy atom. The summed E-state index contributed by atoms with van der Waals surface area (Å²) in [6.45, 7) is 4.28. The van der Waals surface area contributed by atoms with Crippen LogP contribution in [-0.4, -0.2) is 74.6 Å². The highest BCUT2D eigenvalue weighted by Crippen LogP contribution is 2.49. The van der Waals surface area contributed by atoms with E-state index < -0.39 is 42.5 Å². The molecule has 12 nitrogen and oxygen atoms in total. The topological polar surface area (TPSA) is 156 Å². The largest absolute Gasteiger partial charge is 0.497 e. The SMILES string of the molecule is CCOC(=O)CN1/C(=C(/C=c2/s/c(=C3\SC(=S)N(CC(=O)O)C3=O)n(CC(=O)O)c2=O)C(C)C)Sc2ccc(OC)cc21. The number of methoxy groups -OCH3 is 1. The number of allylic oxidation sites excluding steroid dienone is 1. The zero-order valence-electron chi connectivity index (χ0n) is 23.4. The number of benzene rings is 1. The number of hydrogen-bond acceptors (Lipinski definition) is 12. The monoisotopic (exact) mass is 665 g/mol. The van der Waals surface area contributed by atoms with E-state index >= 15 is 0 Å². The van der Waals surface area contributed by atoms with Crippen LogP contribution >= 0.6 is 47.1 Å². The van der Waals surface area contributed by atoms with E-state index in [2.05, 4.69) is 0 Å². The third kappa shape index (κ3) is 6.82. The van der Waals surface area contributed by atoms with E-state index in [4.69, 9.17) is 21.7 Å². The van der Waals surface area contributed by atoms with E-state index in [0.717, 1.165) is 43.1 Å². The van der Waals surface area contributed by atoms with Crippen LogP contribution < -0.4 is 24.4 Å². The number of thioether (sulfide) groups is 2. The number of carbonyl (C=O) groups is 4. The Morgan fingerprint density at radius 1 is 1.05 bits per heavy atom. The average Bonchev–Trinajstić information content (AvgIpc) is 3.53. The van der Waals surface area contributed by atoms with Crippen molar-refractivity contribution in [1.82, 2.24) is 9.47 Å². The number of aliphatic carboxylic acids is 2. The molecule has 1 aromatic carbocycles. The van der Waals surface area contributed by atoms with Gasteiger partial charge in [-0.25, -0.2) is 0 Å². The third-order valence-corrected chi connectivity index (χ3v) is 10.1. The molecule has 0 unspecified atom stereocenters. The number of fused-ring (bicyclic) bond motifs is 1. The zero-order valence-corrected chi connectivity index (χ0v) is 26.7. The number of carbonyl (C=O) groups excluding carboxylic acids is 2. The maximum atomic E-state index is 13.6. The van der Waals surface area contributed by atoms with Crippen molar-refractivity contribution in [1.29, 1.82) is 0 Å². The minimum Gasteiger partial charge on any atom is -0.497 e. The fraction of sp³-hybridized carbons (Fsp3) is 0.333. The lowest BCUT2D eigenvalue weighted by Gasteiger charge is -2.23. The summed E-state index contributed by atoms with van der Waals surface area (Å²) in [5.41, 5.74) is 0.781. The molecule has 228 valence electrons. The predicted molar refractivity (Wildman–Crippen MR) is 168 cm³/mol. The van der Waals surface area contributed by atoms with Crippen molar-refractivity contribution in [2.45, 2.75) is 32.2 Å². The first kappa shape index (κ1) is 32.3. The Bertz CT molecular complexity index is 1740. The third-order valence-electron chi connectivity index (χ3n) is 6.19. The summed E-state index contributed by atoms with van der Waals surface area (Å²) in [7, 11) is 1.54. The quantitative estimate of drug-likeness (QED) is 0.281. The van der Waals surface area contributed by atoms with Crippen molar-refractivity contribution in [3.63, 3.8) is 0 Å². The molecular formula is C27H27N3O9S4. The molecule has 2 aromatic rings. The Morgan fingerprint density at radius 2 is 1.74 bits per heavy atom. The van der Waals surface area contributed by atoms with E-state index in [-0.39, 0.29) is 37.5 Å². The van der Waals surface area contributed by atoms with Gasteiger partial charge >= 0.3 is 17.9 Å². The van der Waals surface area contributed by atoms with Gasteiger partial charge in [0.1, 0.15) is 39.3 Å². The summed E-state index contributed by atoms with van der Waals surface area (Å²) in [6.07, 6.45) is 1.64. The minimum atomic E-state index is -1.30. The minimum absolute atomic E-state index is 0.00852. The highest BCUT2D eigenvalue weighted by molar-refractivity contribution is 8.30. The van der Waals surface area contributed by atoms with Crippen LogP contribution in [0.3, 0.4) is 0 Å². The van der Waals surface area contributed by atoms with E-state index in [0.29, 0.717) is 16.4 Å². The van der Waals surface area contributed by atoms with Crippen LogP contribution in [0.25, 0.3) is 11.0 Å². The number of thiocarbonyl (C=S) groups is 1. The van der Waals surface area contributed by atoms with Crippen molar-refractivity contribution in [2.24, 2.45) is 5.92 Å². The van der Waals surface area contributed by atoms with Crippen LogP contribution in [0.2, 0.25) is 0 Å². The summed E-state index contributed by atoms with van der Waals surface area (Å²) in [5.74, 6) is -3.30. The van der Waals surface area contributed by atoms with Gasteiger partial charge in [0.25, 0.3) is 11.5 Å². The molecule has 1 saturated heterocycles. The van der Waals surface area contributed by atoms with Gasteiger partial charge in [0.15, 0.2) is 0 Å². The first-order valence-corrected chi connectivity index (χ1v) is 15.7. The smallest absolute Gasteiger partial charge is 0.325 e. The van der Waals surface area contributed by atoms with Crippen LogP contribution in [0.4, 0.5) is 5.69 Å². The molecule has 0 aliphatic carbocycles.